The van der Waals surface area contributed by atoms with Crippen molar-refractivity contribution in [1.82, 2.24) is 0 Å². The third-order valence-electron chi connectivity index (χ3n) is 4.10. The first-order valence-electron chi connectivity index (χ1n) is 8.74. The molecule has 0 bridgehead atoms. The predicted octanol–water partition coefficient (Wildman–Crippen LogP) is 4.59. The van der Waals surface area contributed by atoms with Gasteiger partial charge in [0.2, 0.25) is 0 Å². The second-order valence-electron chi connectivity index (χ2n) is 6.17. The van der Waals surface area contributed by atoms with E-state index in [1.165, 1.54) is 12.1 Å². The Morgan fingerprint density at radius 2 is 1.21 bits per heavy atom. The van der Waals surface area contributed by atoms with Gasteiger partial charge < -0.3 is 9.47 Å². The van der Waals surface area contributed by atoms with E-state index in [9.17, 15) is 14.9 Å². The molecule has 0 aromatic heterocycles. The van der Waals surface area contributed by atoms with Crippen molar-refractivity contribution in [2.24, 2.45) is 0 Å². The summed E-state index contributed by atoms with van der Waals surface area (Å²) in [5.74, 6) is 1.13. The second-order valence-corrected chi connectivity index (χ2v) is 6.17. The van der Waals surface area contributed by atoms with Crippen LogP contribution in [-0.4, -0.2) is 23.9 Å². The van der Waals surface area contributed by atoms with Gasteiger partial charge in [0.05, 0.1) is 4.92 Å². The van der Waals surface area contributed by atoms with Crippen molar-refractivity contribution in [3.63, 3.8) is 0 Å². The van der Waals surface area contributed by atoms with E-state index in [-0.39, 0.29) is 11.5 Å². The molecule has 6 nitrogen and oxygen atoms in total. The predicted molar refractivity (Wildman–Crippen MR) is 105 cm³/mol. The number of ether oxygens (including phenoxy) is 2. The van der Waals surface area contributed by atoms with E-state index in [0.717, 1.165) is 5.56 Å². The molecular formula is C22H19NO5. The van der Waals surface area contributed by atoms with Crippen LogP contribution in [0.5, 0.6) is 11.5 Å². The Hall–Kier alpha value is -3.67. The molecule has 142 valence electrons. The number of nitrogens with zero attached hydrogens (tertiary/aromatic N) is 1. The average Bonchev–Trinajstić information content (AvgIpc) is 2.72. The fraction of sp³-hybridized carbons (Fsp3) is 0.136. The number of hydrogen-bond acceptors (Lipinski definition) is 5. The number of aryl methyl sites for hydroxylation is 1. The third kappa shape index (κ3) is 4.94. The van der Waals surface area contributed by atoms with Crippen LogP contribution >= 0.6 is 0 Å². The van der Waals surface area contributed by atoms with E-state index < -0.39 is 4.92 Å². The number of non-ortho nitro benzene ring substituents is 1. The third-order valence-corrected chi connectivity index (χ3v) is 4.10. The van der Waals surface area contributed by atoms with Crippen LogP contribution in [0.2, 0.25) is 0 Å². The Bertz CT molecular complexity index is 948. The Morgan fingerprint density at radius 3 is 1.68 bits per heavy atom. The lowest BCUT2D eigenvalue weighted by molar-refractivity contribution is -0.384. The minimum Gasteiger partial charge on any atom is -0.490 e. The molecule has 3 aromatic rings. The highest BCUT2D eigenvalue weighted by atomic mass is 16.6. The van der Waals surface area contributed by atoms with Crippen molar-refractivity contribution < 1.29 is 19.2 Å². The van der Waals surface area contributed by atoms with Crippen LogP contribution in [0.25, 0.3) is 0 Å². The molecule has 0 aliphatic carbocycles. The molecular weight excluding hydrogens is 358 g/mol. The largest absolute Gasteiger partial charge is 0.490 e. The summed E-state index contributed by atoms with van der Waals surface area (Å²) in [6.07, 6.45) is 0. The van der Waals surface area contributed by atoms with Gasteiger partial charge in [-0.2, -0.15) is 0 Å². The zero-order valence-electron chi connectivity index (χ0n) is 15.3. The zero-order valence-corrected chi connectivity index (χ0v) is 15.3. The quantitative estimate of drug-likeness (QED) is 0.248. The number of carbonyl (C=O) groups excluding carboxylic acids is 1. The SMILES string of the molecule is Cc1ccc(C(=O)c2ccc(OCCOc3ccc([N+](=O)[O-])cc3)cc2)cc1. The molecule has 0 fully saturated rings. The molecule has 0 amide bonds. The molecule has 0 saturated carbocycles. The van der Waals surface area contributed by atoms with E-state index in [1.54, 1.807) is 36.4 Å². The summed E-state index contributed by atoms with van der Waals surface area (Å²) in [4.78, 5) is 22.6. The van der Waals surface area contributed by atoms with Gasteiger partial charge in [-0.3, -0.25) is 14.9 Å². The fourth-order valence-electron chi connectivity index (χ4n) is 2.56. The summed E-state index contributed by atoms with van der Waals surface area (Å²) < 4.78 is 11.1. The lowest BCUT2D eigenvalue weighted by Gasteiger charge is -2.09. The summed E-state index contributed by atoms with van der Waals surface area (Å²) in [7, 11) is 0. The lowest BCUT2D eigenvalue weighted by Crippen LogP contribution is -2.09. The van der Waals surface area contributed by atoms with Gasteiger partial charge in [0.15, 0.2) is 5.78 Å². The van der Waals surface area contributed by atoms with E-state index in [0.29, 0.717) is 35.8 Å². The molecule has 0 aliphatic heterocycles. The van der Waals surface area contributed by atoms with Gasteiger partial charge in [-0.25, -0.2) is 0 Å². The molecule has 0 aliphatic rings. The summed E-state index contributed by atoms with van der Waals surface area (Å²) >= 11 is 0. The van der Waals surface area contributed by atoms with Crippen molar-refractivity contribution in [3.8, 4) is 11.5 Å². The maximum absolute atomic E-state index is 12.4. The first kappa shape index (κ1) is 19.1. The monoisotopic (exact) mass is 377 g/mol. The van der Waals surface area contributed by atoms with E-state index in [4.69, 9.17) is 9.47 Å². The van der Waals surface area contributed by atoms with Gasteiger partial charge in [-0.15, -0.1) is 0 Å². The molecule has 0 N–H and O–H groups in total. The Morgan fingerprint density at radius 1 is 0.786 bits per heavy atom. The molecule has 3 aromatic carbocycles. The highest BCUT2D eigenvalue weighted by Gasteiger charge is 2.09. The fourth-order valence-corrected chi connectivity index (χ4v) is 2.56. The van der Waals surface area contributed by atoms with E-state index >= 15 is 0 Å². The summed E-state index contributed by atoms with van der Waals surface area (Å²) in [5, 5.41) is 10.6. The molecule has 6 heteroatoms. The molecule has 0 saturated heterocycles. The van der Waals surface area contributed by atoms with Crippen molar-refractivity contribution >= 4 is 11.5 Å². The highest BCUT2D eigenvalue weighted by Crippen LogP contribution is 2.18. The minimum absolute atomic E-state index is 0.0175. The van der Waals surface area contributed by atoms with Gasteiger partial charge in [-0.05, 0) is 43.3 Å². The number of nitro benzene ring substituents is 1. The smallest absolute Gasteiger partial charge is 0.269 e. The molecule has 0 unspecified atom stereocenters. The van der Waals surface area contributed by atoms with Gasteiger partial charge in [0.1, 0.15) is 24.7 Å². The Kier molecular flexibility index (Phi) is 6.01. The van der Waals surface area contributed by atoms with Crippen LogP contribution in [0.4, 0.5) is 5.69 Å². The van der Waals surface area contributed by atoms with Crippen LogP contribution < -0.4 is 9.47 Å². The number of ketones is 1. The minimum atomic E-state index is -0.458. The van der Waals surface area contributed by atoms with Crippen molar-refractivity contribution in [2.75, 3.05) is 13.2 Å². The number of nitro groups is 1. The Balaban J connectivity index is 1.48. The molecule has 0 heterocycles. The maximum atomic E-state index is 12.4. The molecule has 3 rings (SSSR count). The summed E-state index contributed by atoms with van der Waals surface area (Å²) in [5.41, 5.74) is 2.37. The van der Waals surface area contributed by atoms with Gasteiger partial charge in [-0.1, -0.05) is 29.8 Å². The molecule has 28 heavy (non-hydrogen) atoms. The second kappa shape index (κ2) is 8.81. The van der Waals surface area contributed by atoms with Gasteiger partial charge in [0, 0.05) is 23.3 Å². The first-order chi connectivity index (χ1) is 13.5. The van der Waals surface area contributed by atoms with Crippen molar-refractivity contribution in [1.29, 1.82) is 0 Å². The van der Waals surface area contributed by atoms with Gasteiger partial charge in [0.25, 0.3) is 5.69 Å². The normalized spacial score (nSPS) is 10.3. The average molecular weight is 377 g/mol. The summed E-state index contributed by atoms with van der Waals surface area (Å²) in [6, 6.07) is 20.3. The van der Waals surface area contributed by atoms with Crippen molar-refractivity contribution in [2.45, 2.75) is 6.92 Å². The van der Waals surface area contributed by atoms with Crippen LogP contribution in [0.1, 0.15) is 21.5 Å². The van der Waals surface area contributed by atoms with Crippen LogP contribution in [0.15, 0.2) is 72.8 Å². The zero-order chi connectivity index (χ0) is 19.9. The van der Waals surface area contributed by atoms with Crippen LogP contribution in [-0.2, 0) is 0 Å². The first-order valence-corrected chi connectivity index (χ1v) is 8.74. The van der Waals surface area contributed by atoms with Crippen LogP contribution in [0, 0.1) is 17.0 Å². The number of benzene rings is 3. The Labute approximate surface area is 162 Å². The lowest BCUT2D eigenvalue weighted by atomic mass is 10.0. The molecule has 0 radical (unpaired) electrons. The molecule has 0 atom stereocenters. The van der Waals surface area contributed by atoms with Gasteiger partial charge >= 0.3 is 0 Å². The van der Waals surface area contributed by atoms with Crippen LogP contribution in [0.3, 0.4) is 0 Å². The topological polar surface area (TPSA) is 78.7 Å². The highest BCUT2D eigenvalue weighted by molar-refractivity contribution is 6.09. The standard InChI is InChI=1S/C22H19NO5/c1-16-2-4-17(5-3-16)22(24)18-6-10-20(11-7-18)27-14-15-28-21-12-8-19(9-13-21)23(25)26/h2-13H,14-15H2,1H3. The maximum Gasteiger partial charge on any atom is 0.269 e. The molecule has 0 spiro atoms. The number of rotatable bonds is 8. The van der Waals surface area contributed by atoms with E-state index in [1.807, 2.05) is 31.2 Å². The summed E-state index contributed by atoms with van der Waals surface area (Å²) in [6.45, 7) is 2.58. The number of hydrogen-bond donors (Lipinski definition) is 0. The number of carbonyl (C=O) groups is 1. The van der Waals surface area contributed by atoms with E-state index in [2.05, 4.69) is 0 Å². The van der Waals surface area contributed by atoms with Crippen molar-refractivity contribution in [3.05, 3.63) is 99.6 Å².